The number of hydrogen-bond acceptors (Lipinski definition) is 5. The van der Waals surface area contributed by atoms with Crippen LogP contribution in [-0.2, 0) is 4.79 Å². The molecule has 2 N–H and O–H groups in total. The van der Waals surface area contributed by atoms with Gasteiger partial charge in [0.25, 0.3) is 0 Å². The van der Waals surface area contributed by atoms with E-state index in [1.165, 1.54) is 11.8 Å². The molecular formula is C15H20N2O2S2. The number of fused-ring (bicyclic) bond motifs is 1. The molecule has 4 nitrogen and oxygen atoms in total. The van der Waals surface area contributed by atoms with E-state index >= 15 is 0 Å². The molecule has 0 aliphatic carbocycles. The zero-order valence-electron chi connectivity index (χ0n) is 12.3. The molecule has 1 aromatic carbocycles. The molecule has 0 radical (unpaired) electrons. The number of thioether (sulfide) groups is 1. The Labute approximate surface area is 133 Å². The van der Waals surface area contributed by atoms with Crippen molar-refractivity contribution in [3.63, 3.8) is 0 Å². The molecule has 1 atom stereocenters. The first-order valence-corrected chi connectivity index (χ1v) is 8.77. The third kappa shape index (κ3) is 4.43. The molecule has 1 unspecified atom stereocenters. The van der Waals surface area contributed by atoms with Crippen LogP contribution in [0.15, 0.2) is 28.6 Å². The maximum absolute atomic E-state index is 12.0. The minimum Gasteiger partial charge on any atom is -0.396 e. The van der Waals surface area contributed by atoms with Gasteiger partial charge >= 0.3 is 0 Å². The second-order valence-electron chi connectivity index (χ2n) is 5.17. The van der Waals surface area contributed by atoms with Crippen LogP contribution in [0, 0.1) is 0 Å². The summed E-state index contributed by atoms with van der Waals surface area (Å²) in [5, 5.41) is 12.1. The smallest absolute Gasteiger partial charge is 0.230 e. The minimum absolute atomic E-state index is 0.0166. The highest BCUT2D eigenvalue weighted by atomic mass is 32.2. The summed E-state index contributed by atoms with van der Waals surface area (Å²) in [6.45, 7) is 4.05. The minimum atomic E-state index is -0.333. The van der Waals surface area contributed by atoms with E-state index in [0.717, 1.165) is 21.0 Å². The predicted octanol–water partition coefficient (Wildman–Crippen LogP) is 3.06. The van der Waals surface area contributed by atoms with E-state index in [0.29, 0.717) is 12.2 Å². The molecule has 0 aliphatic heterocycles. The molecule has 2 aromatic rings. The fraction of sp³-hybridized carbons (Fsp3) is 0.467. The number of nitrogens with zero attached hydrogens (tertiary/aromatic N) is 1. The van der Waals surface area contributed by atoms with Crippen molar-refractivity contribution in [1.29, 1.82) is 0 Å². The molecule has 1 aromatic heterocycles. The molecule has 0 spiro atoms. The number of nitrogens with one attached hydrogen (secondary N) is 1. The van der Waals surface area contributed by atoms with Crippen LogP contribution >= 0.6 is 23.1 Å². The zero-order valence-corrected chi connectivity index (χ0v) is 13.9. The third-order valence-electron chi connectivity index (χ3n) is 3.49. The average Bonchev–Trinajstić information content (AvgIpc) is 2.88. The number of aliphatic hydroxyl groups excluding tert-OH is 1. The van der Waals surface area contributed by atoms with Crippen LogP contribution in [0.25, 0.3) is 10.2 Å². The van der Waals surface area contributed by atoms with Crippen molar-refractivity contribution in [3.05, 3.63) is 24.3 Å². The first-order valence-electron chi connectivity index (χ1n) is 6.96. The zero-order chi connectivity index (χ0) is 15.3. The van der Waals surface area contributed by atoms with Crippen molar-refractivity contribution in [3.8, 4) is 0 Å². The van der Waals surface area contributed by atoms with E-state index in [2.05, 4.69) is 10.3 Å². The molecule has 6 heteroatoms. The Balaban J connectivity index is 1.91. The van der Waals surface area contributed by atoms with Crippen LogP contribution < -0.4 is 5.32 Å². The summed E-state index contributed by atoms with van der Waals surface area (Å²) in [7, 11) is 0. The summed E-state index contributed by atoms with van der Waals surface area (Å²) in [6, 6.07) is 7.96. The number of thiazole rings is 1. The van der Waals surface area contributed by atoms with E-state index in [1.54, 1.807) is 11.3 Å². The molecule has 0 fully saturated rings. The number of rotatable bonds is 7. The standard InChI is InChI=1S/C15H20N2O2S2/c1-3-15(2,8-9-18)17-13(19)10-20-14-16-11-6-4-5-7-12(11)21-14/h4-7,18H,3,8-10H2,1-2H3,(H,17,19). The van der Waals surface area contributed by atoms with Crippen molar-refractivity contribution in [2.24, 2.45) is 0 Å². The summed E-state index contributed by atoms with van der Waals surface area (Å²) in [4.78, 5) is 16.5. The summed E-state index contributed by atoms with van der Waals surface area (Å²) >= 11 is 3.06. The van der Waals surface area contributed by atoms with Crippen LogP contribution in [-0.4, -0.2) is 33.9 Å². The average molecular weight is 324 g/mol. The van der Waals surface area contributed by atoms with Gasteiger partial charge in [0.2, 0.25) is 5.91 Å². The van der Waals surface area contributed by atoms with Gasteiger partial charge in [-0.3, -0.25) is 4.79 Å². The fourth-order valence-corrected chi connectivity index (χ4v) is 3.86. The van der Waals surface area contributed by atoms with Crippen molar-refractivity contribution in [2.75, 3.05) is 12.4 Å². The predicted molar refractivity (Wildman–Crippen MR) is 88.9 cm³/mol. The van der Waals surface area contributed by atoms with E-state index in [4.69, 9.17) is 5.11 Å². The summed E-state index contributed by atoms with van der Waals surface area (Å²) < 4.78 is 2.05. The molecule has 114 valence electrons. The monoisotopic (exact) mass is 324 g/mol. The van der Waals surface area contributed by atoms with Gasteiger partial charge in [0.05, 0.1) is 16.0 Å². The number of aromatic nitrogens is 1. The second-order valence-corrected chi connectivity index (χ2v) is 7.43. The van der Waals surface area contributed by atoms with Crippen molar-refractivity contribution in [1.82, 2.24) is 10.3 Å². The number of para-hydroxylation sites is 1. The molecular weight excluding hydrogens is 304 g/mol. The Kier molecular flexibility index (Phi) is 5.61. The number of hydrogen-bond donors (Lipinski definition) is 2. The molecule has 1 heterocycles. The van der Waals surface area contributed by atoms with Gasteiger partial charge in [-0.05, 0) is 31.9 Å². The van der Waals surface area contributed by atoms with E-state index < -0.39 is 0 Å². The van der Waals surface area contributed by atoms with Gasteiger partial charge in [-0.15, -0.1) is 11.3 Å². The number of benzene rings is 1. The number of carbonyl (C=O) groups excluding carboxylic acids is 1. The molecule has 0 saturated carbocycles. The highest BCUT2D eigenvalue weighted by Gasteiger charge is 2.23. The van der Waals surface area contributed by atoms with Gasteiger partial charge in [-0.25, -0.2) is 4.98 Å². The van der Waals surface area contributed by atoms with Crippen LogP contribution in [0.3, 0.4) is 0 Å². The molecule has 21 heavy (non-hydrogen) atoms. The van der Waals surface area contributed by atoms with Gasteiger partial charge in [0.15, 0.2) is 4.34 Å². The highest BCUT2D eigenvalue weighted by Crippen LogP contribution is 2.29. The summed E-state index contributed by atoms with van der Waals surface area (Å²) in [6.07, 6.45) is 1.37. The molecule has 0 saturated heterocycles. The largest absolute Gasteiger partial charge is 0.396 e. The summed E-state index contributed by atoms with van der Waals surface area (Å²) in [5.74, 6) is 0.331. The van der Waals surface area contributed by atoms with Gasteiger partial charge in [0, 0.05) is 12.1 Å². The first-order chi connectivity index (χ1) is 10.1. The van der Waals surface area contributed by atoms with Gasteiger partial charge in [0.1, 0.15) is 0 Å². The van der Waals surface area contributed by atoms with Crippen LogP contribution in [0.5, 0.6) is 0 Å². The van der Waals surface area contributed by atoms with Crippen molar-refractivity contribution < 1.29 is 9.90 Å². The molecule has 2 rings (SSSR count). The molecule has 0 bridgehead atoms. The number of carbonyl (C=O) groups is 1. The van der Waals surface area contributed by atoms with Crippen LogP contribution in [0.4, 0.5) is 0 Å². The van der Waals surface area contributed by atoms with Gasteiger partial charge < -0.3 is 10.4 Å². The topological polar surface area (TPSA) is 62.2 Å². The van der Waals surface area contributed by atoms with Crippen molar-refractivity contribution in [2.45, 2.75) is 36.6 Å². The van der Waals surface area contributed by atoms with Crippen LogP contribution in [0.2, 0.25) is 0 Å². The first kappa shape index (κ1) is 16.3. The SMILES string of the molecule is CCC(C)(CCO)NC(=O)CSc1nc2ccccc2s1. The van der Waals surface area contributed by atoms with Crippen LogP contribution in [0.1, 0.15) is 26.7 Å². The lowest BCUT2D eigenvalue weighted by Crippen LogP contribution is -2.46. The Bertz CT molecular complexity index is 581. The Morgan fingerprint density at radius 2 is 2.24 bits per heavy atom. The third-order valence-corrected chi connectivity index (χ3v) is 5.67. The van der Waals surface area contributed by atoms with E-state index in [9.17, 15) is 4.79 Å². The van der Waals surface area contributed by atoms with Gasteiger partial charge in [-0.2, -0.15) is 0 Å². The Morgan fingerprint density at radius 1 is 1.48 bits per heavy atom. The fourth-order valence-electron chi connectivity index (χ4n) is 1.99. The normalized spacial score (nSPS) is 14.0. The lowest BCUT2D eigenvalue weighted by molar-refractivity contribution is -0.120. The van der Waals surface area contributed by atoms with E-state index in [-0.39, 0.29) is 18.1 Å². The van der Waals surface area contributed by atoms with E-state index in [1.807, 2.05) is 38.1 Å². The quantitative estimate of drug-likeness (QED) is 0.769. The highest BCUT2D eigenvalue weighted by molar-refractivity contribution is 8.01. The molecule has 0 aliphatic rings. The maximum atomic E-state index is 12.0. The van der Waals surface area contributed by atoms with Gasteiger partial charge in [-0.1, -0.05) is 30.8 Å². The lowest BCUT2D eigenvalue weighted by atomic mass is 9.95. The maximum Gasteiger partial charge on any atom is 0.230 e. The molecule has 1 amide bonds. The van der Waals surface area contributed by atoms with Crippen molar-refractivity contribution >= 4 is 39.2 Å². The Hall–Kier alpha value is -1.11. The number of amides is 1. The summed E-state index contributed by atoms with van der Waals surface area (Å²) in [5.41, 5.74) is 0.643. The lowest BCUT2D eigenvalue weighted by Gasteiger charge is -2.28. The Morgan fingerprint density at radius 3 is 2.90 bits per heavy atom. The second kappa shape index (κ2) is 7.24. The number of aliphatic hydroxyl groups is 1.